The molecule has 4 rings (SSSR count). The van der Waals surface area contributed by atoms with Gasteiger partial charge in [-0.2, -0.15) is 0 Å². The number of piperidine rings is 1. The molecular weight excluding hydrogens is 312 g/mol. The highest BCUT2D eigenvalue weighted by Gasteiger charge is 2.35. The third-order valence-electron chi connectivity index (χ3n) is 5.12. The summed E-state index contributed by atoms with van der Waals surface area (Å²) in [6.07, 6.45) is 4.27. The Morgan fingerprint density at radius 3 is 3.00 bits per heavy atom. The third-order valence-corrected chi connectivity index (χ3v) is 6.15. The molecule has 5 nitrogen and oxygen atoms in total. The molecule has 6 heteroatoms. The summed E-state index contributed by atoms with van der Waals surface area (Å²) in [4.78, 5) is 18.5. The summed E-state index contributed by atoms with van der Waals surface area (Å²) in [7, 11) is 0. The zero-order valence-corrected chi connectivity index (χ0v) is 14.2. The molecule has 23 heavy (non-hydrogen) atoms. The van der Waals surface area contributed by atoms with E-state index in [4.69, 9.17) is 9.47 Å². The maximum atomic E-state index is 12.8. The Morgan fingerprint density at radius 2 is 2.13 bits per heavy atom. The van der Waals surface area contributed by atoms with Gasteiger partial charge in [-0.05, 0) is 42.8 Å². The summed E-state index contributed by atoms with van der Waals surface area (Å²) in [6.45, 7) is 4.43. The van der Waals surface area contributed by atoms with Crippen LogP contribution in [-0.4, -0.2) is 60.9 Å². The van der Waals surface area contributed by atoms with Crippen LogP contribution in [0.15, 0.2) is 11.4 Å². The van der Waals surface area contributed by atoms with Crippen molar-refractivity contribution in [1.82, 2.24) is 9.80 Å². The molecule has 0 saturated carbocycles. The predicted molar refractivity (Wildman–Crippen MR) is 88.3 cm³/mol. The van der Waals surface area contributed by atoms with Gasteiger partial charge in [0.1, 0.15) is 0 Å². The Hall–Kier alpha value is -0.950. The lowest BCUT2D eigenvalue weighted by Gasteiger charge is -2.38. The highest BCUT2D eigenvalue weighted by Crippen LogP contribution is 2.26. The van der Waals surface area contributed by atoms with Crippen LogP contribution in [0.5, 0.6) is 0 Å². The third kappa shape index (κ3) is 3.31. The molecule has 0 radical (unpaired) electrons. The fourth-order valence-electron chi connectivity index (χ4n) is 3.86. The Kier molecular flexibility index (Phi) is 4.66. The van der Waals surface area contributed by atoms with E-state index in [1.807, 2.05) is 16.2 Å². The van der Waals surface area contributed by atoms with E-state index in [1.54, 1.807) is 0 Å². The maximum absolute atomic E-state index is 12.8. The summed E-state index contributed by atoms with van der Waals surface area (Å²) in [5.74, 6) is 0.242. The van der Waals surface area contributed by atoms with E-state index in [-0.39, 0.29) is 18.2 Å². The molecule has 0 bridgehead atoms. The van der Waals surface area contributed by atoms with Gasteiger partial charge in [0.15, 0.2) is 6.29 Å². The van der Waals surface area contributed by atoms with E-state index < -0.39 is 0 Å². The van der Waals surface area contributed by atoms with Crippen LogP contribution in [0.3, 0.4) is 0 Å². The van der Waals surface area contributed by atoms with Gasteiger partial charge >= 0.3 is 0 Å². The first-order valence-corrected chi connectivity index (χ1v) is 9.49. The molecule has 0 spiro atoms. The number of amides is 1. The van der Waals surface area contributed by atoms with Crippen molar-refractivity contribution in [1.29, 1.82) is 0 Å². The van der Waals surface area contributed by atoms with Crippen molar-refractivity contribution in [2.45, 2.75) is 44.6 Å². The van der Waals surface area contributed by atoms with Crippen LogP contribution in [-0.2, 0) is 27.2 Å². The van der Waals surface area contributed by atoms with E-state index in [0.717, 1.165) is 38.9 Å². The summed E-state index contributed by atoms with van der Waals surface area (Å²) in [5.41, 5.74) is 1.33. The molecule has 1 amide bonds. The van der Waals surface area contributed by atoms with Gasteiger partial charge in [-0.25, -0.2) is 0 Å². The topological polar surface area (TPSA) is 42.0 Å². The molecule has 2 saturated heterocycles. The smallest absolute Gasteiger partial charge is 0.237 e. The molecule has 4 heterocycles. The molecule has 1 aromatic heterocycles. The Labute approximate surface area is 141 Å². The fourth-order valence-corrected chi connectivity index (χ4v) is 4.74. The monoisotopic (exact) mass is 336 g/mol. The Morgan fingerprint density at radius 1 is 1.26 bits per heavy atom. The number of hydrogen-bond donors (Lipinski definition) is 0. The number of ether oxygens (including phenoxy) is 2. The molecule has 3 aliphatic heterocycles. The van der Waals surface area contributed by atoms with Crippen LogP contribution in [0.4, 0.5) is 0 Å². The summed E-state index contributed by atoms with van der Waals surface area (Å²) >= 11 is 1.81. The Bertz CT molecular complexity index is 556. The second-order valence-corrected chi connectivity index (χ2v) is 7.58. The van der Waals surface area contributed by atoms with Gasteiger partial charge in [-0.1, -0.05) is 6.42 Å². The van der Waals surface area contributed by atoms with Crippen molar-refractivity contribution in [3.63, 3.8) is 0 Å². The number of carbonyl (C=O) groups is 1. The van der Waals surface area contributed by atoms with Gasteiger partial charge in [-0.15, -0.1) is 11.3 Å². The van der Waals surface area contributed by atoms with Gasteiger partial charge in [0.05, 0.1) is 25.8 Å². The summed E-state index contributed by atoms with van der Waals surface area (Å²) in [5, 5.41) is 2.13. The van der Waals surface area contributed by atoms with E-state index in [1.165, 1.54) is 16.9 Å². The number of thiophene rings is 1. The van der Waals surface area contributed by atoms with Crippen LogP contribution < -0.4 is 0 Å². The molecule has 126 valence electrons. The van der Waals surface area contributed by atoms with Crippen molar-refractivity contribution < 1.29 is 14.3 Å². The molecule has 1 atom stereocenters. The zero-order valence-electron chi connectivity index (χ0n) is 13.4. The van der Waals surface area contributed by atoms with Gasteiger partial charge < -0.3 is 14.4 Å². The maximum Gasteiger partial charge on any atom is 0.237 e. The second-order valence-electron chi connectivity index (χ2n) is 6.58. The van der Waals surface area contributed by atoms with Crippen LogP contribution in [0.2, 0.25) is 0 Å². The first-order chi connectivity index (χ1) is 11.3. The molecule has 1 aromatic rings. The number of likely N-dealkylation sites (tertiary alicyclic amines) is 1. The first kappa shape index (κ1) is 15.6. The normalized spacial score (nSPS) is 26.4. The average Bonchev–Trinajstić information content (AvgIpc) is 3.26. The zero-order chi connectivity index (χ0) is 15.6. The van der Waals surface area contributed by atoms with Crippen molar-refractivity contribution in [2.75, 3.05) is 32.8 Å². The van der Waals surface area contributed by atoms with Crippen molar-refractivity contribution in [2.24, 2.45) is 0 Å². The van der Waals surface area contributed by atoms with E-state index >= 15 is 0 Å². The lowest BCUT2D eigenvalue weighted by Crippen LogP contribution is -2.51. The van der Waals surface area contributed by atoms with Gasteiger partial charge in [-0.3, -0.25) is 9.69 Å². The fraction of sp³-hybridized carbons (Fsp3) is 0.706. The van der Waals surface area contributed by atoms with E-state index in [2.05, 4.69) is 16.3 Å². The highest BCUT2D eigenvalue weighted by molar-refractivity contribution is 7.10. The van der Waals surface area contributed by atoms with E-state index in [0.29, 0.717) is 19.8 Å². The van der Waals surface area contributed by atoms with Crippen LogP contribution in [0.1, 0.15) is 29.7 Å². The molecule has 0 aromatic carbocycles. The number of nitrogens with zero attached hydrogens (tertiary/aromatic N) is 2. The first-order valence-electron chi connectivity index (χ1n) is 8.61. The molecular formula is C17H24N2O3S. The standard InChI is InChI=1S/C17H24N2O3S/c20-16(19-7-4-15-13(11-19)5-10-23-15)12-18-6-2-1-3-14(18)17-21-8-9-22-17/h5,10,14,17H,1-4,6-9,11-12H2. The molecule has 2 fully saturated rings. The SMILES string of the molecule is O=C(CN1CCCCC1C1OCCO1)N1CCc2sccc2C1. The Balaban J connectivity index is 1.39. The largest absolute Gasteiger partial charge is 0.349 e. The molecule has 0 N–H and O–H groups in total. The quantitative estimate of drug-likeness (QED) is 0.845. The average molecular weight is 336 g/mol. The van der Waals surface area contributed by atoms with Crippen molar-refractivity contribution in [3.8, 4) is 0 Å². The van der Waals surface area contributed by atoms with Crippen LogP contribution >= 0.6 is 11.3 Å². The predicted octanol–water partition coefficient (Wildman–Crippen LogP) is 1.86. The van der Waals surface area contributed by atoms with Crippen LogP contribution in [0, 0.1) is 0 Å². The minimum Gasteiger partial charge on any atom is -0.349 e. The van der Waals surface area contributed by atoms with Crippen molar-refractivity contribution in [3.05, 3.63) is 21.9 Å². The van der Waals surface area contributed by atoms with Crippen molar-refractivity contribution >= 4 is 17.2 Å². The van der Waals surface area contributed by atoms with E-state index in [9.17, 15) is 4.79 Å². The minimum atomic E-state index is -0.145. The van der Waals surface area contributed by atoms with Gasteiger partial charge in [0, 0.05) is 18.0 Å². The highest BCUT2D eigenvalue weighted by atomic mass is 32.1. The number of fused-ring (bicyclic) bond motifs is 1. The second kappa shape index (κ2) is 6.89. The van der Waals surface area contributed by atoms with Crippen LogP contribution in [0.25, 0.3) is 0 Å². The summed E-state index contributed by atoms with van der Waals surface area (Å²) in [6, 6.07) is 2.39. The molecule has 0 aliphatic carbocycles. The number of hydrogen-bond acceptors (Lipinski definition) is 5. The van der Waals surface area contributed by atoms with Gasteiger partial charge in [0.25, 0.3) is 0 Å². The molecule has 1 unspecified atom stereocenters. The number of rotatable bonds is 3. The lowest BCUT2D eigenvalue weighted by atomic mass is 10.0. The molecule has 3 aliphatic rings. The lowest BCUT2D eigenvalue weighted by molar-refractivity contribution is -0.140. The minimum absolute atomic E-state index is 0.145. The van der Waals surface area contributed by atoms with Gasteiger partial charge in [0.2, 0.25) is 5.91 Å². The number of carbonyl (C=O) groups excluding carboxylic acids is 1. The summed E-state index contributed by atoms with van der Waals surface area (Å²) < 4.78 is 11.4.